The summed E-state index contributed by atoms with van der Waals surface area (Å²) in [4.78, 5) is 21.4. The minimum atomic E-state index is -1.10. The Kier molecular flexibility index (Phi) is 3.03. The monoisotopic (exact) mass is 197 g/mol. The second kappa shape index (κ2) is 4.06. The zero-order valence-electron chi connectivity index (χ0n) is 7.43. The Labute approximate surface area is 80.5 Å². The van der Waals surface area contributed by atoms with Crippen molar-refractivity contribution in [3.63, 3.8) is 0 Å². The molecule has 0 spiro atoms. The molecule has 0 fully saturated rings. The topological polar surface area (TPSA) is 101 Å². The summed E-state index contributed by atoms with van der Waals surface area (Å²) in [7, 11) is 0. The lowest BCUT2D eigenvalue weighted by Gasteiger charge is -2.11. The van der Waals surface area contributed by atoms with Crippen molar-refractivity contribution in [3.8, 4) is 0 Å². The minimum absolute atomic E-state index is 0.130. The molecule has 0 unspecified atom stereocenters. The third kappa shape index (κ3) is 2.43. The van der Waals surface area contributed by atoms with Gasteiger partial charge in [-0.2, -0.15) is 0 Å². The highest BCUT2D eigenvalue weighted by molar-refractivity contribution is 6.03. The highest BCUT2D eigenvalue weighted by Crippen LogP contribution is 2.17. The van der Waals surface area contributed by atoms with Crippen LogP contribution in [0.1, 0.15) is 12.8 Å². The molecule has 1 aliphatic rings. The molecule has 0 bridgehead atoms. The molecule has 14 heavy (non-hydrogen) atoms. The number of carboxylic acids is 1. The predicted octanol–water partition coefficient (Wildman–Crippen LogP) is 0.129. The van der Waals surface area contributed by atoms with Gasteiger partial charge in [0.15, 0.2) is 5.76 Å². The Hall–Kier alpha value is -1.62. The summed E-state index contributed by atoms with van der Waals surface area (Å²) in [5.41, 5.74) is 5.92. The highest BCUT2D eigenvalue weighted by atomic mass is 16.4. The summed E-state index contributed by atoms with van der Waals surface area (Å²) in [6.45, 7) is 0. The molecule has 0 aromatic heterocycles. The van der Waals surface area contributed by atoms with Crippen LogP contribution in [0.5, 0.6) is 0 Å². The molecule has 5 heteroatoms. The molecule has 4 N–H and O–H groups in total. The van der Waals surface area contributed by atoms with E-state index in [1.54, 1.807) is 0 Å². The first-order valence-electron chi connectivity index (χ1n) is 4.12. The summed E-state index contributed by atoms with van der Waals surface area (Å²) in [6.07, 6.45) is 3.09. The van der Waals surface area contributed by atoms with Crippen LogP contribution < -0.4 is 5.73 Å². The van der Waals surface area contributed by atoms with Crippen molar-refractivity contribution in [3.05, 3.63) is 23.5 Å². The van der Waals surface area contributed by atoms with E-state index in [0.29, 0.717) is 12.0 Å². The molecule has 0 saturated carbocycles. The lowest BCUT2D eigenvalue weighted by Crippen LogP contribution is -2.30. The van der Waals surface area contributed by atoms with E-state index in [1.165, 1.54) is 12.2 Å². The number of allylic oxidation sites excluding steroid dienone is 2. The zero-order chi connectivity index (χ0) is 10.7. The van der Waals surface area contributed by atoms with Gasteiger partial charge in [0.2, 0.25) is 5.78 Å². The van der Waals surface area contributed by atoms with Gasteiger partial charge in [-0.15, -0.1) is 0 Å². The van der Waals surface area contributed by atoms with Crippen LogP contribution in [0.2, 0.25) is 0 Å². The molecule has 5 nitrogen and oxygen atoms in total. The average molecular weight is 197 g/mol. The zero-order valence-corrected chi connectivity index (χ0v) is 7.43. The Morgan fingerprint density at radius 3 is 2.79 bits per heavy atom. The van der Waals surface area contributed by atoms with Crippen LogP contribution in [0.15, 0.2) is 23.5 Å². The van der Waals surface area contributed by atoms with Gasteiger partial charge in [-0.05, 0) is 25.0 Å². The summed E-state index contributed by atoms with van der Waals surface area (Å²) >= 11 is 0. The van der Waals surface area contributed by atoms with E-state index in [1.807, 2.05) is 0 Å². The number of aliphatic carboxylic acids is 1. The van der Waals surface area contributed by atoms with Gasteiger partial charge in [-0.1, -0.05) is 5.57 Å². The number of carbonyl (C=O) groups excluding carboxylic acids is 1. The number of carboxylic acid groups (broad SMARTS) is 1. The Morgan fingerprint density at radius 1 is 1.64 bits per heavy atom. The smallest absolute Gasteiger partial charge is 0.320 e. The normalized spacial score (nSPS) is 18.5. The van der Waals surface area contributed by atoms with Gasteiger partial charge in [0.25, 0.3) is 0 Å². The van der Waals surface area contributed by atoms with E-state index in [9.17, 15) is 9.59 Å². The number of aliphatic hydroxyl groups is 1. The van der Waals surface area contributed by atoms with E-state index in [0.717, 1.165) is 0 Å². The number of ketones is 1. The van der Waals surface area contributed by atoms with Crippen molar-refractivity contribution < 1.29 is 19.8 Å². The number of aliphatic hydroxyl groups excluding tert-OH is 1. The standard InChI is InChI=1S/C9H11NO4/c10-6(9(13)14)3-5-1-2-7(11)8(12)4-5/h2,4,6,11H,1,3,10H2,(H,13,14)/t6-/m0/s1. The molecule has 1 atom stereocenters. The molecule has 1 aliphatic carbocycles. The van der Waals surface area contributed by atoms with Crippen LogP contribution in [-0.2, 0) is 9.59 Å². The Morgan fingerprint density at radius 2 is 2.29 bits per heavy atom. The molecule has 76 valence electrons. The van der Waals surface area contributed by atoms with Crippen LogP contribution in [0.25, 0.3) is 0 Å². The van der Waals surface area contributed by atoms with Crippen molar-refractivity contribution in [2.24, 2.45) is 5.73 Å². The van der Waals surface area contributed by atoms with Crippen LogP contribution >= 0.6 is 0 Å². The largest absolute Gasteiger partial charge is 0.504 e. The van der Waals surface area contributed by atoms with E-state index in [4.69, 9.17) is 15.9 Å². The maximum atomic E-state index is 11.0. The van der Waals surface area contributed by atoms with E-state index < -0.39 is 17.8 Å². The number of rotatable bonds is 3. The Balaban J connectivity index is 2.61. The van der Waals surface area contributed by atoms with Crippen LogP contribution in [0.4, 0.5) is 0 Å². The average Bonchev–Trinajstić information content (AvgIpc) is 2.11. The summed E-state index contributed by atoms with van der Waals surface area (Å²) in [5, 5.41) is 17.5. The maximum absolute atomic E-state index is 11.0. The Bertz CT molecular complexity index is 330. The van der Waals surface area contributed by atoms with Gasteiger partial charge in [0.05, 0.1) is 0 Å². The number of nitrogens with two attached hydrogens (primary N) is 1. The van der Waals surface area contributed by atoms with Gasteiger partial charge in [-0.25, -0.2) is 0 Å². The first-order chi connectivity index (χ1) is 6.50. The molecule has 0 radical (unpaired) electrons. The number of hydrogen-bond donors (Lipinski definition) is 3. The molecular weight excluding hydrogens is 186 g/mol. The number of hydrogen-bond acceptors (Lipinski definition) is 4. The van der Waals surface area contributed by atoms with Gasteiger partial charge in [-0.3, -0.25) is 9.59 Å². The fourth-order valence-electron chi connectivity index (χ4n) is 1.16. The quantitative estimate of drug-likeness (QED) is 0.597. The van der Waals surface area contributed by atoms with Crippen molar-refractivity contribution >= 4 is 11.8 Å². The van der Waals surface area contributed by atoms with Crippen molar-refractivity contribution in [1.82, 2.24) is 0 Å². The second-order valence-electron chi connectivity index (χ2n) is 3.11. The van der Waals surface area contributed by atoms with Gasteiger partial charge >= 0.3 is 5.97 Å². The molecule has 0 aliphatic heterocycles. The lowest BCUT2D eigenvalue weighted by atomic mass is 9.97. The lowest BCUT2D eigenvalue weighted by molar-refractivity contribution is -0.138. The third-order valence-corrected chi connectivity index (χ3v) is 1.94. The molecule has 1 rings (SSSR count). The maximum Gasteiger partial charge on any atom is 0.320 e. The number of carbonyl (C=O) groups is 2. The van der Waals surface area contributed by atoms with Gasteiger partial charge in [0.1, 0.15) is 6.04 Å². The van der Waals surface area contributed by atoms with Gasteiger partial charge in [0, 0.05) is 0 Å². The van der Waals surface area contributed by atoms with Crippen LogP contribution in [0.3, 0.4) is 0 Å². The van der Waals surface area contributed by atoms with Crippen molar-refractivity contribution in [2.75, 3.05) is 0 Å². The third-order valence-electron chi connectivity index (χ3n) is 1.94. The first kappa shape index (κ1) is 10.5. The molecule has 0 amide bonds. The van der Waals surface area contributed by atoms with E-state index >= 15 is 0 Å². The SMILES string of the molecule is N[C@@H](CC1=CC(=O)C(O)=CC1)C(=O)O. The fourth-order valence-corrected chi connectivity index (χ4v) is 1.16. The summed E-state index contributed by atoms with van der Waals surface area (Å²) < 4.78 is 0. The molecular formula is C9H11NO4. The molecule has 0 saturated heterocycles. The fraction of sp³-hybridized carbons (Fsp3) is 0.333. The second-order valence-corrected chi connectivity index (χ2v) is 3.11. The summed E-state index contributed by atoms with van der Waals surface area (Å²) in [6, 6.07) is -0.998. The molecule has 0 aromatic carbocycles. The highest BCUT2D eigenvalue weighted by Gasteiger charge is 2.17. The van der Waals surface area contributed by atoms with Gasteiger partial charge < -0.3 is 15.9 Å². The first-order valence-corrected chi connectivity index (χ1v) is 4.12. The van der Waals surface area contributed by atoms with E-state index in [2.05, 4.69) is 0 Å². The van der Waals surface area contributed by atoms with Crippen molar-refractivity contribution in [2.45, 2.75) is 18.9 Å². The summed E-state index contributed by atoms with van der Waals surface area (Å²) in [5.74, 6) is -1.89. The van der Waals surface area contributed by atoms with Crippen molar-refractivity contribution in [1.29, 1.82) is 0 Å². The predicted molar refractivity (Wildman–Crippen MR) is 48.6 cm³/mol. The molecule has 0 aromatic rings. The minimum Gasteiger partial charge on any atom is -0.504 e. The molecule has 0 heterocycles. The van der Waals surface area contributed by atoms with E-state index in [-0.39, 0.29) is 12.2 Å². The van der Waals surface area contributed by atoms with Crippen LogP contribution in [0, 0.1) is 0 Å². The van der Waals surface area contributed by atoms with Crippen LogP contribution in [-0.4, -0.2) is 28.0 Å².